The molecule has 2 aromatic carbocycles. The van der Waals surface area contributed by atoms with E-state index in [2.05, 4.69) is 36.2 Å². The summed E-state index contributed by atoms with van der Waals surface area (Å²) in [6, 6.07) is 18.0. The summed E-state index contributed by atoms with van der Waals surface area (Å²) < 4.78 is 0. The number of amides is 3. The number of hydrogen-bond acceptors (Lipinski definition) is 9. The monoisotopic (exact) mass is 698 g/mol. The predicted octanol–water partition coefficient (Wildman–Crippen LogP) is 2.80. The minimum atomic E-state index is -0.912. The molecule has 3 fully saturated rings. The van der Waals surface area contributed by atoms with Crippen LogP contribution in [-0.2, 0) is 16.0 Å². The van der Waals surface area contributed by atoms with Crippen LogP contribution in [0.2, 0.25) is 0 Å². The van der Waals surface area contributed by atoms with Crippen LogP contribution in [0.5, 0.6) is 0 Å². The molecule has 3 heterocycles. The molecule has 1 aliphatic heterocycles. The molecule has 1 saturated heterocycles. The molecule has 50 heavy (non-hydrogen) atoms. The van der Waals surface area contributed by atoms with Gasteiger partial charge in [0, 0.05) is 54.0 Å². The summed E-state index contributed by atoms with van der Waals surface area (Å²) in [7, 11) is 0. The van der Waals surface area contributed by atoms with Gasteiger partial charge in [-0.25, -0.2) is 4.98 Å². The number of hydrogen-bond donors (Lipinski definition) is 5. The van der Waals surface area contributed by atoms with E-state index < -0.39 is 11.9 Å². The van der Waals surface area contributed by atoms with Gasteiger partial charge in [0.1, 0.15) is 11.7 Å². The quantitative estimate of drug-likeness (QED) is 0.156. The van der Waals surface area contributed by atoms with Gasteiger partial charge < -0.3 is 22.1 Å². The zero-order chi connectivity index (χ0) is 34.1. The third-order valence-electron chi connectivity index (χ3n) is 10.6. The van der Waals surface area contributed by atoms with Gasteiger partial charge in [0.15, 0.2) is 0 Å². The number of nitrogens with zero attached hydrogens (tertiary/aromatic N) is 5. The van der Waals surface area contributed by atoms with Crippen molar-refractivity contribution in [3.63, 3.8) is 0 Å². The van der Waals surface area contributed by atoms with Gasteiger partial charge in [-0.1, -0.05) is 30.3 Å². The first kappa shape index (κ1) is 35.1. The summed E-state index contributed by atoms with van der Waals surface area (Å²) in [6.07, 6.45) is 3.41. The van der Waals surface area contributed by atoms with E-state index in [1.165, 1.54) is 0 Å². The smallest absolute Gasteiger partial charge is 0.270 e. The molecular weight excluding hydrogens is 656 g/mol. The SMILES string of the molecule is Cc1nc(C(=O)NC2C3CNCC32)ccc1-c1ccc(C[C@@H](C(N)=O)N(c2ccc(-c3nn[nH]n3)cc2)C(=O)[C@H]2CC[C@H](CN)CC2)cc1.Cl. The molecule has 3 amide bonds. The molecule has 2 saturated carbocycles. The van der Waals surface area contributed by atoms with Crippen molar-refractivity contribution < 1.29 is 14.4 Å². The van der Waals surface area contributed by atoms with Crippen LogP contribution in [0.15, 0.2) is 60.7 Å². The van der Waals surface area contributed by atoms with Gasteiger partial charge >= 0.3 is 0 Å². The molecule has 3 aliphatic rings. The third-order valence-corrected chi connectivity index (χ3v) is 10.6. The fourth-order valence-electron chi connectivity index (χ4n) is 7.57. The van der Waals surface area contributed by atoms with E-state index in [0.29, 0.717) is 54.3 Å². The van der Waals surface area contributed by atoms with E-state index in [0.717, 1.165) is 53.9 Å². The molecule has 14 heteroatoms. The Morgan fingerprint density at radius 3 is 2.22 bits per heavy atom. The summed E-state index contributed by atoms with van der Waals surface area (Å²) in [5.74, 6) is 0.819. The van der Waals surface area contributed by atoms with E-state index in [1.54, 1.807) is 35.2 Å². The van der Waals surface area contributed by atoms with Crippen LogP contribution in [0.4, 0.5) is 5.69 Å². The number of nitrogens with one attached hydrogen (secondary N) is 3. The summed E-state index contributed by atoms with van der Waals surface area (Å²) in [5, 5.41) is 20.6. The average Bonchev–Trinajstić information content (AvgIpc) is 3.51. The van der Waals surface area contributed by atoms with Gasteiger partial charge in [-0.3, -0.25) is 19.3 Å². The Hall–Kier alpha value is -4.72. The van der Waals surface area contributed by atoms with E-state index in [4.69, 9.17) is 11.5 Å². The number of primary amides is 1. The highest BCUT2D eigenvalue weighted by Crippen LogP contribution is 2.41. The van der Waals surface area contributed by atoms with E-state index in [-0.39, 0.29) is 42.6 Å². The van der Waals surface area contributed by atoms with Gasteiger partial charge in [0.2, 0.25) is 17.6 Å². The number of tetrazole rings is 1. The van der Waals surface area contributed by atoms with Crippen molar-refractivity contribution in [3.8, 4) is 22.5 Å². The Morgan fingerprint density at radius 2 is 1.62 bits per heavy atom. The van der Waals surface area contributed by atoms with Gasteiger partial charge in [-0.15, -0.1) is 22.6 Å². The number of rotatable bonds is 11. The Bertz CT molecular complexity index is 1800. The zero-order valence-electron chi connectivity index (χ0n) is 27.9. The number of nitrogens with two attached hydrogens (primary N) is 2. The first-order chi connectivity index (χ1) is 23.8. The number of carbonyl (C=O) groups is 3. The van der Waals surface area contributed by atoms with Crippen LogP contribution < -0.4 is 27.0 Å². The van der Waals surface area contributed by atoms with Crippen molar-refractivity contribution in [2.75, 3.05) is 24.5 Å². The molecule has 2 aliphatic carbocycles. The molecule has 2 aromatic heterocycles. The molecule has 2 unspecified atom stereocenters. The highest BCUT2D eigenvalue weighted by atomic mass is 35.5. The number of aromatic nitrogens is 5. The highest BCUT2D eigenvalue weighted by molar-refractivity contribution is 6.02. The molecule has 0 spiro atoms. The molecule has 262 valence electrons. The fourth-order valence-corrected chi connectivity index (χ4v) is 7.57. The maximum absolute atomic E-state index is 14.2. The number of H-pyrrole nitrogens is 1. The number of benzene rings is 2. The van der Waals surface area contributed by atoms with Crippen LogP contribution in [0.1, 0.15) is 47.4 Å². The molecule has 0 radical (unpaired) electrons. The molecule has 7 N–H and O–H groups in total. The minimum absolute atomic E-state index is 0. The van der Waals surface area contributed by atoms with Crippen molar-refractivity contribution in [3.05, 3.63) is 77.6 Å². The Labute approximate surface area is 296 Å². The number of aromatic amines is 1. The fraction of sp³-hybridized carbons (Fsp3) is 0.417. The van der Waals surface area contributed by atoms with E-state index >= 15 is 0 Å². The van der Waals surface area contributed by atoms with Gasteiger partial charge in [0.05, 0.1) is 0 Å². The number of carbonyl (C=O) groups excluding carboxylic acids is 3. The number of anilines is 1. The lowest BCUT2D eigenvalue weighted by atomic mass is 9.81. The number of pyridine rings is 1. The Kier molecular flexibility index (Phi) is 10.6. The van der Waals surface area contributed by atoms with Crippen LogP contribution >= 0.6 is 12.4 Å². The lowest BCUT2D eigenvalue weighted by molar-refractivity contribution is -0.127. The first-order valence-electron chi connectivity index (χ1n) is 17.1. The van der Waals surface area contributed by atoms with Gasteiger partial charge in [-0.05, 0) is 104 Å². The number of fused-ring (bicyclic) bond motifs is 1. The van der Waals surface area contributed by atoms with Crippen molar-refractivity contribution in [1.82, 2.24) is 36.2 Å². The lowest BCUT2D eigenvalue weighted by Crippen LogP contribution is -2.52. The molecule has 13 nitrogen and oxygen atoms in total. The van der Waals surface area contributed by atoms with E-state index in [1.807, 2.05) is 37.3 Å². The second-order valence-corrected chi connectivity index (χ2v) is 13.6. The average molecular weight is 699 g/mol. The maximum atomic E-state index is 14.2. The molecule has 3 atom stereocenters. The minimum Gasteiger partial charge on any atom is -0.368 e. The van der Waals surface area contributed by atoms with E-state index in [9.17, 15) is 14.4 Å². The normalized spacial score (nSPS) is 22.9. The largest absolute Gasteiger partial charge is 0.368 e. The Morgan fingerprint density at radius 1 is 0.940 bits per heavy atom. The lowest BCUT2D eigenvalue weighted by Gasteiger charge is -2.35. The molecule has 7 rings (SSSR count). The summed E-state index contributed by atoms with van der Waals surface area (Å²) in [6.45, 7) is 4.42. The molecular formula is C36H43ClN10O3. The first-order valence-corrected chi connectivity index (χ1v) is 17.1. The van der Waals surface area contributed by atoms with Crippen LogP contribution in [0.25, 0.3) is 22.5 Å². The Balaban J connectivity index is 0.00000432. The second-order valence-electron chi connectivity index (χ2n) is 13.6. The number of halogens is 1. The zero-order valence-corrected chi connectivity index (χ0v) is 28.7. The third kappa shape index (κ3) is 7.25. The van der Waals surface area contributed by atoms with Crippen LogP contribution in [-0.4, -0.2) is 75.0 Å². The van der Waals surface area contributed by atoms with Crippen molar-refractivity contribution in [2.24, 2.45) is 35.1 Å². The van der Waals surface area contributed by atoms with Crippen LogP contribution in [0.3, 0.4) is 0 Å². The molecule has 0 bridgehead atoms. The summed E-state index contributed by atoms with van der Waals surface area (Å²) in [5.41, 5.74) is 17.1. The highest BCUT2D eigenvalue weighted by Gasteiger charge is 2.53. The number of aryl methyl sites for hydroxylation is 1. The standard InChI is InChI=1S/C36H42N10O3.ClH/c1-20-27(14-15-30(40-20)35(48)41-32-28-18-39-19-29(28)32)23-6-2-21(3-7-23)16-31(33(38)47)46(36(49)25-8-4-22(17-37)5-9-25)26-12-10-24(11-13-26)34-42-44-45-43-34;/h2-3,6-7,10-15,22,25,28-29,31-32,39H,4-5,8-9,16-19,37H2,1H3,(H2,38,47)(H,41,48)(H,42,43,44,45);1H/t22-,25-,28?,29?,31-,32?;/m0./s1. The predicted molar refractivity (Wildman–Crippen MR) is 191 cm³/mol. The topological polar surface area (TPSA) is 198 Å². The number of piperidine rings is 1. The maximum Gasteiger partial charge on any atom is 0.270 e. The van der Waals surface area contributed by atoms with Gasteiger partial charge in [0.25, 0.3) is 5.91 Å². The summed E-state index contributed by atoms with van der Waals surface area (Å²) in [4.78, 5) is 46.4. The van der Waals surface area contributed by atoms with Crippen molar-refractivity contribution >= 4 is 35.8 Å². The van der Waals surface area contributed by atoms with Crippen LogP contribution in [0, 0.1) is 30.6 Å². The van der Waals surface area contributed by atoms with Gasteiger partial charge in [-0.2, -0.15) is 5.21 Å². The second kappa shape index (κ2) is 15.0. The summed E-state index contributed by atoms with van der Waals surface area (Å²) >= 11 is 0. The van der Waals surface area contributed by atoms with Crippen molar-refractivity contribution in [1.29, 1.82) is 0 Å². The molecule has 4 aromatic rings. The van der Waals surface area contributed by atoms with Crippen molar-refractivity contribution in [2.45, 2.75) is 51.1 Å².